The number of benzene rings is 1. The lowest BCUT2D eigenvalue weighted by Crippen LogP contribution is -2.34. The highest BCUT2D eigenvalue weighted by Crippen LogP contribution is 2.17. The first kappa shape index (κ1) is 19.1. The van der Waals surface area contributed by atoms with E-state index in [1.165, 1.54) is 31.2 Å². The molecule has 2 aromatic rings. The van der Waals surface area contributed by atoms with Crippen LogP contribution in [0.5, 0.6) is 5.75 Å². The number of aromatic nitrogens is 2. The van der Waals surface area contributed by atoms with Crippen molar-refractivity contribution in [2.24, 2.45) is 0 Å². The molecule has 6 nitrogen and oxygen atoms in total. The van der Waals surface area contributed by atoms with Crippen LogP contribution in [-0.4, -0.2) is 35.6 Å². The summed E-state index contributed by atoms with van der Waals surface area (Å²) in [6.07, 6.45) is 11.0. The van der Waals surface area contributed by atoms with Crippen molar-refractivity contribution in [3.05, 3.63) is 47.9 Å². The Hall–Kier alpha value is -2.63. The minimum absolute atomic E-state index is 0.127. The van der Waals surface area contributed by atoms with E-state index in [1.54, 1.807) is 19.5 Å². The fourth-order valence-electron chi connectivity index (χ4n) is 3.38. The van der Waals surface area contributed by atoms with Gasteiger partial charge in [0, 0.05) is 12.6 Å². The molecular formula is C21H28N4O2. The van der Waals surface area contributed by atoms with E-state index in [0.29, 0.717) is 11.5 Å². The summed E-state index contributed by atoms with van der Waals surface area (Å²) >= 11 is 0. The maximum absolute atomic E-state index is 12.4. The Kier molecular flexibility index (Phi) is 7.02. The molecule has 1 aliphatic carbocycles. The van der Waals surface area contributed by atoms with E-state index in [1.807, 2.05) is 18.2 Å². The third-order valence-corrected chi connectivity index (χ3v) is 4.93. The lowest BCUT2D eigenvalue weighted by Gasteiger charge is -2.15. The zero-order chi connectivity index (χ0) is 18.9. The molecule has 1 amide bonds. The van der Waals surface area contributed by atoms with Gasteiger partial charge in [0.1, 0.15) is 17.3 Å². The topological polar surface area (TPSA) is 76.1 Å². The van der Waals surface area contributed by atoms with E-state index in [9.17, 15) is 4.79 Å². The number of hydrogen-bond acceptors (Lipinski definition) is 5. The molecule has 2 N–H and O–H groups in total. The van der Waals surface area contributed by atoms with Gasteiger partial charge >= 0.3 is 0 Å². The molecule has 0 atom stereocenters. The van der Waals surface area contributed by atoms with Crippen molar-refractivity contribution >= 4 is 11.7 Å². The molecule has 0 unspecified atom stereocenters. The molecule has 0 radical (unpaired) electrons. The number of methoxy groups -OCH3 is 1. The van der Waals surface area contributed by atoms with Gasteiger partial charge in [0.05, 0.1) is 19.5 Å². The van der Waals surface area contributed by atoms with E-state index in [-0.39, 0.29) is 11.9 Å². The maximum Gasteiger partial charge on any atom is 0.271 e. The fourth-order valence-corrected chi connectivity index (χ4v) is 3.38. The number of nitrogens with zero attached hydrogens (tertiary/aromatic N) is 2. The van der Waals surface area contributed by atoms with Gasteiger partial charge in [0.2, 0.25) is 0 Å². The quantitative estimate of drug-likeness (QED) is 0.731. The number of amides is 1. The highest BCUT2D eigenvalue weighted by Gasteiger charge is 2.16. The van der Waals surface area contributed by atoms with Crippen molar-refractivity contribution in [2.75, 3.05) is 19.0 Å². The molecule has 27 heavy (non-hydrogen) atoms. The number of ether oxygens (including phenoxy) is 1. The van der Waals surface area contributed by atoms with Crippen molar-refractivity contribution in [3.8, 4) is 5.75 Å². The molecule has 1 fully saturated rings. The van der Waals surface area contributed by atoms with Crippen LogP contribution in [0.3, 0.4) is 0 Å². The maximum atomic E-state index is 12.4. The summed E-state index contributed by atoms with van der Waals surface area (Å²) in [5.74, 6) is 1.40. The number of nitrogens with one attached hydrogen (secondary N) is 2. The molecule has 1 saturated carbocycles. The Morgan fingerprint density at radius 2 is 1.96 bits per heavy atom. The van der Waals surface area contributed by atoms with Crippen molar-refractivity contribution in [3.63, 3.8) is 0 Å². The molecule has 0 saturated heterocycles. The summed E-state index contributed by atoms with van der Waals surface area (Å²) in [6, 6.07) is 8.27. The van der Waals surface area contributed by atoms with Crippen LogP contribution in [0, 0.1) is 0 Å². The molecule has 144 valence electrons. The van der Waals surface area contributed by atoms with Crippen LogP contribution >= 0.6 is 0 Å². The number of rotatable bonds is 7. The molecule has 1 heterocycles. The summed E-state index contributed by atoms with van der Waals surface area (Å²) < 4.78 is 5.24. The van der Waals surface area contributed by atoms with Crippen LogP contribution in [0.25, 0.3) is 0 Å². The molecule has 6 heteroatoms. The predicted octanol–water partition coefficient (Wildman–Crippen LogP) is 3.59. The summed E-state index contributed by atoms with van der Waals surface area (Å²) in [6.45, 7) is 0.732. The molecule has 1 aromatic heterocycles. The second-order valence-corrected chi connectivity index (χ2v) is 6.98. The first-order valence-corrected chi connectivity index (χ1v) is 9.74. The number of carbonyl (C=O) groups excluding carboxylic acids is 1. The van der Waals surface area contributed by atoms with Crippen LogP contribution in [0.15, 0.2) is 36.7 Å². The van der Waals surface area contributed by atoms with Crippen molar-refractivity contribution in [1.82, 2.24) is 15.3 Å². The third-order valence-electron chi connectivity index (χ3n) is 4.93. The van der Waals surface area contributed by atoms with E-state index in [4.69, 9.17) is 4.74 Å². The summed E-state index contributed by atoms with van der Waals surface area (Å²) in [4.78, 5) is 20.9. The Balaban J connectivity index is 1.47. The smallest absolute Gasteiger partial charge is 0.271 e. The normalized spacial score (nSPS) is 15.0. The Morgan fingerprint density at radius 1 is 1.15 bits per heavy atom. The molecule has 1 aromatic carbocycles. The van der Waals surface area contributed by atoms with Crippen LogP contribution in [0.1, 0.15) is 54.6 Å². The van der Waals surface area contributed by atoms with Crippen molar-refractivity contribution in [1.29, 1.82) is 0 Å². The van der Waals surface area contributed by atoms with Gasteiger partial charge in [-0.1, -0.05) is 37.8 Å². The second kappa shape index (κ2) is 9.90. The molecule has 0 spiro atoms. The third kappa shape index (κ3) is 5.94. The molecule has 3 rings (SSSR count). The van der Waals surface area contributed by atoms with E-state index in [2.05, 4.69) is 26.7 Å². The van der Waals surface area contributed by atoms with Crippen molar-refractivity contribution < 1.29 is 9.53 Å². The van der Waals surface area contributed by atoms with Crippen LogP contribution in [0.2, 0.25) is 0 Å². The molecule has 1 aliphatic rings. The van der Waals surface area contributed by atoms with Crippen molar-refractivity contribution in [2.45, 2.75) is 51.0 Å². The lowest BCUT2D eigenvalue weighted by atomic mass is 10.1. The molecule has 0 aliphatic heterocycles. The van der Waals surface area contributed by atoms with Gasteiger partial charge in [-0.15, -0.1) is 0 Å². The highest BCUT2D eigenvalue weighted by molar-refractivity contribution is 5.92. The fraction of sp³-hybridized carbons (Fsp3) is 0.476. The highest BCUT2D eigenvalue weighted by atomic mass is 16.5. The minimum Gasteiger partial charge on any atom is -0.497 e. The van der Waals surface area contributed by atoms with Crippen LogP contribution in [-0.2, 0) is 6.42 Å². The Morgan fingerprint density at radius 3 is 2.67 bits per heavy atom. The first-order valence-electron chi connectivity index (χ1n) is 9.74. The number of carbonyl (C=O) groups is 1. The minimum atomic E-state index is -0.127. The monoisotopic (exact) mass is 368 g/mol. The Bertz CT molecular complexity index is 725. The van der Waals surface area contributed by atoms with Gasteiger partial charge in [-0.3, -0.25) is 4.79 Å². The predicted molar refractivity (Wildman–Crippen MR) is 106 cm³/mol. The Labute approximate surface area is 160 Å². The molecule has 0 bridgehead atoms. The summed E-state index contributed by atoms with van der Waals surface area (Å²) in [7, 11) is 1.67. The SMILES string of the molecule is COc1cccc(CCNc2cnc(C(=O)NC3CCCCCC3)cn2)c1. The van der Waals surface area contributed by atoms with Crippen LogP contribution in [0.4, 0.5) is 5.82 Å². The summed E-state index contributed by atoms with van der Waals surface area (Å²) in [5, 5.41) is 6.34. The zero-order valence-corrected chi connectivity index (χ0v) is 15.9. The van der Waals surface area contributed by atoms with E-state index >= 15 is 0 Å². The average molecular weight is 368 g/mol. The van der Waals surface area contributed by atoms with Gasteiger partial charge in [-0.2, -0.15) is 0 Å². The standard InChI is InChI=1S/C21H28N4O2/c1-27-18-10-6-7-16(13-18)11-12-22-20-15-23-19(14-24-20)21(26)25-17-8-4-2-3-5-9-17/h6-7,10,13-15,17H,2-5,8-9,11-12H2,1H3,(H,22,24)(H,25,26). The van der Waals surface area contributed by atoms with Gasteiger partial charge < -0.3 is 15.4 Å². The summed E-state index contributed by atoms with van der Waals surface area (Å²) in [5.41, 5.74) is 1.56. The van der Waals surface area contributed by atoms with E-state index < -0.39 is 0 Å². The van der Waals surface area contributed by atoms with Gasteiger partial charge in [-0.05, 0) is 37.0 Å². The number of anilines is 1. The average Bonchev–Trinajstić information content (AvgIpc) is 2.97. The van der Waals surface area contributed by atoms with Gasteiger partial charge in [0.15, 0.2) is 0 Å². The number of hydrogen-bond donors (Lipinski definition) is 2. The van der Waals surface area contributed by atoms with Crippen LogP contribution < -0.4 is 15.4 Å². The second-order valence-electron chi connectivity index (χ2n) is 6.98. The van der Waals surface area contributed by atoms with Gasteiger partial charge in [-0.25, -0.2) is 9.97 Å². The zero-order valence-electron chi connectivity index (χ0n) is 15.9. The molecular weight excluding hydrogens is 340 g/mol. The largest absolute Gasteiger partial charge is 0.497 e. The van der Waals surface area contributed by atoms with E-state index in [0.717, 1.165) is 31.6 Å². The first-order chi connectivity index (χ1) is 13.2. The lowest BCUT2D eigenvalue weighted by molar-refractivity contribution is 0.0928. The van der Waals surface area contributed by atoms with Gasteiger partial charge in [0.25, 0.3) is 5.91 Å².